The minimum atomic E-state index is -0.507. The SMILES string of the molecule is O=C1CN(Cc2ccc3c(c2)OCO3)CC(=O)O1. The van der Waals surface area contributed by atoms with Gasteiger partial charge in [0.2, 0.25) is 6.79 Å². The number of hydrogen-bond acceptors (Lipinski definition) is 6. The van der Waals surface area contributed by atoms with Gasteiger partial charge in [-0.15, -0.1) is 0 Å². The van der Waals surface area contributed by atoms with Crippen LogP contribution in [0.3, 0.4) is 0 Å². The molecule has 1 saturated heterocycles. The van der Waals surface area contributed by atoms with E-state index in [1.165, 1.54) is 0 Å². The molecule has 2 aliphatic heterocycles. The van der Waals surface area contributed by atoms with Crippen molar-refractivity contribution in [3.05, 3.63) is 23.8 Å². The molecule has 2 heterocycles. The van der Waals surface area contributed by atoms with Crippen molar-refractivity contribution in [2.45, 2.75) is 6.54 Å². The molecule has 0 aromatic heterocycles. The van der Waals surface area contributed by atoms with Gasteiger partial charge in [0.15, 0.2) is 11.5 Å². The number of morpholine rings is 1. The lowest BCUT2D eigenvalue weighted by Gasteiger charge is -2.24. The maximum absolute atomic E-state index is 11.1. The highest BCUT2D eigenvalue weighted by Crippen LogP contribution is 2.32. The van der Waals surface area contributed by atoms with Crippen LogP contribution >= 0.6 is 0 Å². The second kappa shape index (κ2) is 4.30. The fourth-order valence-electron chi connectivity index (χ4n) is 2.02. The molecule has 0 saturated carbocycles. The Kier molecular flexibility index (Phi) is 2.64. The van der Waals surface area contributed by atoms with Crippen molar-refractivity contribution in [1.29, 1.82) is 0 Å². The summed E-state index contributed by atoms with van der Waals surface area (Å²) in [4.78, 5) is 24.0. The van der Waals surface area contributed by atoms with E-state index in [-0.39, 0.29) is 19.9 Å². The minimum Gasteiger partial charge on any atom is -0.454 e. The molecule has 6 heteroatoms. The number of benzene rings is 1. The Balaban J connectivity index is 1.72. The molecule has 18 heavy (non-hydrogen) atoms. The Labute approximate surface area is 103 Å². The van der Waals surface area contributed by atoms with E-state index < -0.39 is 11.9 Å². The van der Waals surface area contributed by atoms with Gasteiger partial charge < -0.3 is 14.2 Å². The zero-order chi connectivity index (χ0) is 12.5. The van der Waals surface area contributed by atoms with Gasteiger partial charge in [-0.1, -0.05) is 6.07 Å². The Hall–Kier alpha value is -2.08. The number of ether oxygens (including phenoxy) is 3. The molecule has 0 bridgehead atoms. The van der Waals surface area contributed by atoms with Crippen molar-refractivity contribution in [1.82, 2.24) is 4.90 Å². The van der Waals surface area contributed by atoms with Crippen LogP contribution in [0.2, 0.25) is 0 Å². The highest BCUT2D eigenvalue weighted by Gasteiger charge is 2.25. The van der Waals surface area contributed by atoms with Gasteiger partial charge in [-0.25, -0.2) is 0 Å². The third-order valence-corrected chi connectivity index (χ3v) is 2.78. The van der Waals surface area contributed by atoms with E-state index in [1.54, 1.807) is 4.90 Å². The molecule has 0 unspecified atom stereocenters. The standard InChI is InChI=1S/C12H11NO5/c14-11-5-13(6-12(15)18-11)4-8-1-2-9-10(3-8)17-7-16-9/h1-3H,4-7H2. The van der Waals surface area contributed by atoms with Crippen LogP contribution in [0.1, 0.15) is 5.56 Å². The maximum Gasteiger partial charge on any atom is 0.327 e. The summed E-state index contributed by atoms with van der Waals surface area (Å²) in [6.45, 7) is 0.977. The fourth-order valence-corrected chi connectivity index (χ4v) is 2.02. The highest BCUT2D eigenvalue weighted by atomic mass is 16.7. The molecule has 1 aromatic carbocycles. The molecule has 0 aliphatic carbocycles. The van der Waals surface area contributed by atoms with Crippen LogP contribution in [0.5, 0.6) is 11.5 Å². The highest BCUT2D eigenvalue weighted by molar-refractivity contribution is 5.90. The molecule has 94 valence electrons. The van der Waals surface area contributed by atoms with Crippen molar-refractivity contribution in [3.8, 4) is 11.5 Å². The molecule has 2 aliphatic rings. The van der Waals surface area contributed by atoms with Gasteiger partial charge in [0.05, 0.1) is 13.1 Å². The predicted molar refractivity (Wildman–Crippen MR) is 58.9 cm³/mol. The molecule has 0 atom stereocenters. The van der Waals surface area contributed by atoms with Gasteiger partial charge in [-0.2, -0.15) is 0 Å². The summed E-state index contributed by atoms with van der Waals surface area (Å²) in [7, 11) is 0. The number of fused-ring (bicyclic) bond motifs is 1. The smallest absolute Gasteiger partial charge is 0.327 e. The molecule has 1 fully saturated rings. The van der Waals surface area contributed by atoms with E-state index >= 15 is 0 Å². The second-order valence-corrected chi connectivity index (χ2v) is 4.18. The minimum absolute atomic E-state index is 0.125. The monoisotopic (exact) mass is 249 g/mol. The average molecular weight is 249 g/mol. The van der Waals surface area contributed by atoms with E-state index in [1.807, 2.05) is 18.2 Å². The van der Waals surface area contributed by atoms with Gasteiger partial charge in [0.1, 0.15) is 0 Å². The molecule has 0 N–H and O–H groups in total. The average Bonchev–Trinajstić information content (AvgIpc) is 2.74. The number of nitrogens with zero attached hydrogens (tertiary/aromatic N) is 1. The molecular weight excluding hydrogens is 238 g/mol. The Morgan fingerprint density at radius 1 is 1.06 bits per heavy atom. The number of hydrogen-bond donors (Lipinski definition) is 0. The number of rotatable bonds is 2. The van der Waals surface area contributed by atoms with Crippen LogP contribution in [-0.2, 0) is 20.9 Å². The molecule has 3 rings (SSSR count). The number of carbonyl (C=O) groups is 2. The lowest BCUT2D eigenvalue weighted by atomic mass is 10.2. The Bertz CT molecular complexity index is 497. The molecule has 6 nitrogen and oxygen atoms in total. The van der Waals surface area contributed by atoms with Crippen molar-refractivity contribution >= 4 is 11.9 Å². The summed E-state index contributed by atoms with van der Waals surface area (Å²) in [5.74, 6) is 0.394. The summed E-state index contributed by atoms with van der Waals surface area (Å²) in [5, 5.41) is 0. The summed E-state index contributed by atoms with van der Waals surface area (Å²) in [6, 6.07) is 5.56. The van der Waals surface area contributed by atoms with Gasteiger partial charge in [-0.05, 0) is 17.7 Å². The van der Waals surface area contributed by atoms with Gasteiger partial charge >= 0.3 is 11.9 Å². The van der Waals surface area contributed by atoms with Crippen LogP contribution in [0.4, 0.5) is 0 Å². The fraction of sp³-hybridized carbons (Fsp3) is 0.333. The van der Waals surface area contributed by atoms with Crippen LogP contribution in [0.25, 0.3) is 0 Å². The van der Waals surface area contributed by atoms with Crippen LogP contribution in [0, 0.1) is 0 Å². The van der Waals surface area contributed by atoms with Crippen molar-refractivity contribution in [2.24, 2.45) is 0 Å². The van der Waals surface area contributed by atoms with Crippen LogP contribution < -0.4 is 9.47 Å². The summed E-state index contributed by atoms with van der Waals surface area (Å²) in [5.41, 5.74) is 0.960. The molecule has 0 amide bonds. The zero-order valence-corrected chi connectivity index (χ0v) is 9.55. The van der Waals surface area contributed by atoms with Gasteiger partial charge in [0.25, 0.3) is 0 Å². The first-order valence-electron chi connectivity index (χ1n) is 5.55. The molecule has 1 aromatic rings. The van der Waals surface area contributed by atoms with Crippen LogP contribution in [0.15, 0.2) is 18.2 Å². The van der Waals surface area contributed by atoms with Crippen molar-refractivity contribution in [2.75, 3.05) is 19.9 Å². The number of carbonyl (C=O) groups excluding carboxylic acids is 2. The first kappa shape index (κ1) is 11.0. The van der Waals surface area contributed by atoms with Crippen molar-refractivity contribution < 1.29 is 23.8 Å². The number of cyclic esters (lactones) is 2. The van der Waals surface area contributed by atoms with Crippen molar-refractivity contribution in [3.63, 3.8) is 0 Å². The summed E-state index contributed by atoms with van der Waals surface area (Å²) < 4.78 is 14.9. The zero-order valence-electron chi connectivity index (χ0n) is 9.55. The van der Waals surface area contributed by atoms with Gasteiger partial charge in [0, 0.05) is 6.54 Å². The van der Waals surface area contributed by atoms with E-state index in [0.717, 1.165) is 5.56 Å². The van der Waals surface area contributed by atoms with E-state index in [2.05, 4.69) is 4.74 Å². The molecule has 0 radical (unpaired) electrons. The predicted octanol–water partition coefficient (Wildman–Crippen LogP) is 0.301. The largest absolute Gasteiger partial charge is 0.454 e. The Morgan fingerprint density at radius 3 is 2.56 bits per heavy atom. The van der Waals surface area contributed by atoms with E-state index in [4.69, 9.17) is 9.47 Å². The lowest BCUT2D eigenvalue weighted by molar-refractivity contribution is -0.167. The first-order valence-corrected chi connectivity index (χ1v) is 5.55. The van der Waals surface area contributed by atoms with E-state index in [9.17, 15) is 9.59 Å². The third kappa shape index (κ3) is 2.14. The second-order valence-electron chi connectivity index (χ2n) is 4.18. The van der Waals surface area contributed by atoms with E-state index in [0.29, 0.717) is 18.0 Å². The molecule has 0 spiro atoms. The lowest BCUT2D eigenvalue weighted by Crippen LogP contribution is -2.42. The van der Waals surface area contributed by atoms with Crippen LogP contribution in [-0.4, -0.2) is 36.7 Å². The third-order valence-electron chi connectivity index (χ3n) is 2.78. The van der Waals surface area contributed by atoms with Gasteiger partial charge in [-0.3, -0.25) is 14.5 Å². The molecular formula is C12H11NO5. The first-order chi connectivity index (χ1) is 8.70. The Morgan fingerprint density at radius 2 is 1.78 bits per heavy atom. The number of esters is 2. The summed E-state index contributed by atoms with van der Waals surface area (Å²) in [6.07, 6.45) is 0. The normalized spacial score (nSPS) is 18.9. The summed E-state index contributed by atoms with van der Waals surface area (Å²) >= 11 is 0. The maximum atomic E-state index is 11.1. The topological polar surface area (TPSA) is 65.1 Å². The quantitative estimate of drug-likeness (QED) is 0.555.